The van der Waals surface area contributed by atoms with Gasteiger partial charge in [0.05, 0.1) is 18.1 Å². The summed E-state index contributed by atoms with van der Waals surface area (Å²) in [7, 11) is -2.92. The van der Waals surface area contributed by atoms with Gasteiger partial charge < -0.3 is 10.2 Å². The molecule has 2 heterocycles. The Hall–Kier alpha value is -0.660. The monoisotopic (exact) mass is 289 g/mol. The number of amides is 1. The highest BCUT2D eigenvalue weighted by atomic mass is 32.2. The van der Waals surface area contributed by atoms with Crippen molar-refractivity contribution in [2.24, 2.45) is 0 Å². The maximum absolute atomic E-state index is 11.9. The summed E-state index contributed by atoms with van der Waals surface area (Å²) in [5, 5.41) is 2.83. The molecule has 0 aromatic carbocycles. The number of likely N-dealkylation sites (N-methyl/N-ethyl adjacent to an activating group) is 1. The third kappa shape index (κ3) is 4.43. The van der Waals surface area contributed by atoms with Crippen molar-refractivity contribution in [1.29, 1.82) is 0 Å². The predicted octanol–water partition coefficient (Wildman–Crippen LogP) is -1.07. The van der Waals surface area contributed by atoms with Gasteiger partial charge in [0.2, 0.25) is 5.91 Å². The molecule has 1 N–H and O–H groups in total. The number of nitrogens with zero attached hydrogens (tertiary/aromatic N) is 2. The van der Waals surface area contributed by atoms with Crippen molar-refractivity contribution in [3.05, 3.63) is 0 Å². The molecule has 0 aromatic heterocycles. The van der Waals surface area contributed by atoms with Crippen molar-refractivity contribution in [3.8, 4) is 0 Å². The van der Waals surface area contributed by atoms with Gasteiger partial charge in [-0.25, -0.2) is 8.42 Å². The first-order chi connectivity index (χ1) is 8.98. The summed E-state index contributed by atoms with van der Waals surface area (Å²) in [6.45, 7) is 7.40. The van der Waals surface area contributed by atoms with E-state index in [4.69, 9.17) is 0 Å². The molecule has 6 nitrogen and oxygen atoms in total. The van der Waals surface area contributed by atoms with Gasteiger partial charge in [0, 0.05) is 32.2 Å². The van der Waals surface area contributed by atoms with E-state index in [0.717, 1.165) is 32.7 Å². The molecule has 0 bridgehead atoms. The number of sulfone groups is 1. The minimum Gasteiger partial charge on any atom is -0.351 e. The van der Waals surface area contributed by atoms with Crippen LogP contribution in [0.2, 0.25) is 0 Å². The summed E-state index contributed by atoms with van der Waals surface area (Å²) in [5.74, 6) is 0.252. The second kappa shape index (κ2) is 6.19. The number of piperazine rings is 1. The van der Waals surface area contributed by atoms with Crippen molar-refractivity contribution in [3.63, 3.8) is 0 Å². The summed E-state index contributed by atoms with van der Waals surface area (Å²) in [5.41, 5.74) is 0. The Bertz CT molecular complexity index is 416. The summed E-state index contributed by atoms with van der Waals surface area (Å²) in [4.78, 5) is 16.4. The summed E-state index contributed by atoms with van der Waals surface area (Å²) < 4.78 is 22.6. The highest BCUT2D eigenvalue weighted by Crippen LogP contribution is 2.11. The van der Waals surface area contributed by atoms with Crippen LogP contribution in [0, 0.1) is 0 Å². The van der Waals surface area contributed by atoms with E-state index in [1.165, 1.54) is 0 Å². The highest BCUT2D eigenvalue weighted by Gasteiger charge is 2.29. The molecule has 0 radical (unpaired) electrons. The number of hydrogen-bond donors (Lipinski definition) is 1. The van der Waals surface area contributed by atoms with Gasteiger partial charge in [0.15, 0.2) is 9.84 Å². The van der Waals surface area contributed by atoms with Crippen LogP contribution < -0.4 is 5.32 Å². The Labute approximate surface area is 115 Å². The van der Waals surface area contributed by atoms with Gasteiger partial charge in [-0.1, -0.05) is 6.92 Å². The molecule has 1 atom stereocenters. The first kappa shape index (κ1) is 14.7. The second-order valence-corrected chi connectivity index (χ2v) is 7.61. The molecule has 2 aliphatic heterocycles. The van der Waals surface area contributed by atoms with E-state index in [0.29, 0.717) is 13.0 Å². The molecule has 110 valence electrons. The van der Waals surface area contributed by atoms with E-state index in [1.807, 2.05) is 0 Å². The molecule has 1 amide bonds. The maximum Gasteiger partial charge on any atom is 0.234 e. The van der Waals surface area contributed by atoms with Crippen LogP contribution in [0.1, 0.15) is 13.3 Å². The van der Waals surface area contributed by atoms with Crippen LogP contribution in [0.15, 0.2) is 0 Å². The van der Waals surface area contributed by atoms with E-state index in [2.05, 4.69) is 22.0 Å². The van der Waals surface area contributed by atoms with Crippen molar-refractivity contribution in [2.75, 3.05) is 50.8 Å². The molecular formula is C12H23N3O3S. The van der Waals surface area contributed by atoms with Crippen LogP contribution in [-0.4, -0.2) is 80.9 Å². The molecule has 0 aromatic rings. The topological polar surface area (TPSA) is 69.7 Å². The quantitative estimate of drug-likeness (QED) is 0.713. The van der Waals surface area contributed by atoms with E-state index in [9.17, 15) is 13.2 Å². The lowest BCUT2D eigenvalue weighted by Crippen LogP contribution is -2.50. The van der Waals surface area contributed by atoms with E-state index >= 15 is 0 Å². The maximum atomic E-state index is 11.9. The lowest BCUT2D eigenvalue weighted by Gasteiger charge is -2.33. The molecule has 2 saturated heterocycles. The van der Waals surface area contributed by atoms with Crippen LogP contribution in [0.5, 0.6) is 0 Å². The third-order valence-electron chi connectivity index (χ3n) is 3.88. The van der Waals surface area contributed by atoms with Gasteiger partial charge in [0.1, 0.15) is 0 Å². The van der Waals surface area contributed by atoms with E-state index < -0.39 is 9.84 Å². The van der Waals surface area contributed by atoms with Crippen LogP contribution in [0.3, 0.4) is 0 Å². The van der Waals surface area contributed by atoms with Crippen LogP contribution in [0.25, 0.3) is 0 Å². The van der Waals surface area contributed by atoms with Gasteiger partial charge in [-0.2, -0.15) is 0 Å². The van der Waals surface area contributed by atoms with Gasteiger partial charge in [-0.3, -0.25) is 9.69 Å². The molecular weight excluding hydrogens is 266 g/mol. The van der Waals surface area contributed by atoms with Gasteiger partial charge in [-0.15, -0.1) is 0 Å². The fourth-order valence-electron chi connectivity index (χ4n) is 2.65. The predicted molar refractivity (Wildman–Crippen MR) is 73.8 cm³/mol. The Morgan fingerprint density at radius 1 is 1.21 bits per heavy atom. The zero-order valence-electron chi connectivity index (χ0n) is 11.5. The fourth-order valence-corrected chi connectivity index (χ4v) is 4.32. The summed E-state index contributed by atoms with van der Waals surface area (Å²) in [6, 6.07) is -0.186. The largest absolute Gasteiger partial charge is 0.351 e. The minimum absolute atomic E-state index is 0.0490. The second-order valence-electron chi connectivity index (χ2n) is 5.38. The molecule has 7 heteroatoms. The zero-order valence-corrected chi connectivity index (χ0v) is 12.3. The van der Waals surface area contributed by atoms with Crippen molar-refractivity contribution in [1.82, 2.24) is 15.1 Å². The van der Waals surface area contributed by atoms with Crippen LogP contribution in [-0.2, 0) is 14.6 Å². The molecule has 0 saturated carbocycles. The number of nitrogens with one attached hydrogen (secondary N) is 1. The van der Waals surface area contributed by atoms with Crippen LogP contribution >= 0.6 is 0 Å². The fraction of sp³-hybridized carbons (Fsp3) is 0.917. The average molecular weight is 289 g/mol. The lowest BCUT2D eigenvalue weighted by molar-refractivity contribution is -0.123. The highest BCUT2D eigenvalue weighted by molar-refractivity contribution is 7.91. The number of carbonyl (C=O) groups is 1. The normalized spacial score (nSPS) is 28.4. The summed E-state index contributed by atoms with van der Waals surface area (Å²) >= 11 is 0. The first-order valence-electron chi connectivity index (χ1n) is 6.93. The van der Waals surface area contributed by atoms with Crippen LogP contribution in [0.4, 0.5) is 0 Å². The zero-order chi connectivity index (χ0) is 13.9. The molecule has 19 heavy (non-hydrogen) atoms. The molecule has 0 aliphatic carbocycles. The summed E-state index contributed by atoms with van der Waals surface area (Å²) in [6.07, 6.45) is 0.553. The van der Waals surface area contributed by atoms with Crippen molar-refractivity contribution < 1.29 is 13.2 Å². The lowest BCUT2D eigenvalue weighted by atomic mass is 10.2. The number of carbonyl (C=O) groups excluding carboxylic acids is 1. The van der Waals surface area contributed by atoms with E-state index in [-0.39, 0.29) is 23.5 Å². The van der Waals surface area contributed by atoms with Crippen molar-refractivity contribution in [2.45, 2.75) is 19.4 Å². The van der Waals surface area contributed by atoms with Crippen molar-refractivity contribution >= 4 is 15.7 Å². The molecule has 1 unspecified atom stereocenters. The van der Waals surface area contributed by atoms with Gasteiger partial charge >= 0.3 is 0 Å². The smallest absolute Gasteiger partial charge is 0.234 e. The minimum atomic E-state index is -2.92. The Morgan fingerprint density at radius 3 is 2.37 bits per heavy atom. The molecule has 2 fully saturated rings. The third-order valence-corrected chi connectivity index (χ3v) is 5.64. The Kier molecular flexibility index (Phi) is 4.81. The number of hydrogen-bond acceptors (Lipinski definition) is 5. The van der Waals surface area contributed by atoms with Gasteiger partial charge in [0.25, 0.3) is 0 Å². The first-order valence-corrected chi connectivity index (χ1v) is 8.75. The molecule has 2 rings (SSSR count). The SMILES string of the molecule is CCN1CCN(CC(=O)NC2CCS(=O)(=O)C2)CC1. The molecule has 0 spiro atoms. The standard InChI is InChI=1S/C12H23N3O3S/c1-2-14-4-6-15(7-5-14)9-12(16)13-11-3-8-19(17,18)10-11/h11H,2-10H2,1H3,(H,13,16). The Morgan fingerprint density at radius 2 is 1.84 bits per heavy atom. The average Bonchev–Trinajstić information content (AvgIpc) is 2.69. The molecule has 2 aliphatic rings. The Balaban J connectivity index is 1.71. The number of rotatable bonds is 4. The van der Waals surface area contributed by atoms with E-state index in [1.54, 1.807) is 0 Å². The van der Waals surface area contributed by atoms with Gasteiger partial charge in [-0.05, 0) is 13.0 Å².